The zero-order valence-corrected chi connectivity index (χ0v) is 11.9. The third-order valence-corrected chi connectivity index (χ3v) is 3.34. The van der Waals surface area contributed by atoms with Gasteiger partial charge in [-0.25, -0.2) is 0 Å². The van der Waals surface area contributed by atoms with Gasteiger partial charge in [-0.05, 0) is 13.0 Å². The highest BCUT2D eigenvalue weighted by atomic mass is 16.5. The topological polar surface area (TPSA) is 88.1 Å². The summed E-state index contributed by atoms with van der Waals surface area (Å²) in [6.45, 7) is 4.95. The number of aryl methyl sites for hydroxylation is 1. The highest BCUT2D eigenvalue weighted by Gasteiger charge is 2.31. The van der Waals surface area contributed by atoms with Gasteiger partial charge in [0.05, 0.1) is 30.1 Å². The fourth-order valence-corrected chi connectivity index (χ4v) is 2.46. The monoisotopic (exact) mass is 285 g/mol. The summed E-state index contributed by atoms with van der Waals surface area (Å²) in [5.41, 5.74) is 1.40. The molecule has 0 radical (unpaired) electrons. The zero-order valence-electron chi connectivity index (χ0n) is 11.9. The number of nitriles is 1. The molecular weight excluding hydrogens is 270 g/mol. The number of rotatable bonds is 2. The van der Waals surface area contributed by atoms with Crippen LogP contribution in [0.4, 0.5) is 5.69 Å². The van der Waals surface area contributed by atoms with Crippen molar-refractivity contribution in [2.24, 2.45) is 0 Å². The van der Waals surface area contributed by atoms with Crippen LogP contribution in [0.5, 0.6) is 0 Å². The summed E-state index contributed by atoms with van der Waals surface area (Å²) in [6, 6.07) is 3.90. The van der Waals surface area contributed by atoms with E-state index in [9.17, 15) is 5.26 Å². The average Bonchev–Trinajstić information content (AvgIpc) is 2.93. The molecule has 2 aromatic rings. The number of ether oxygens (including phenoxy) is 1. The second-order valence-electron chi connectivity index (χ2n) is 5.00. The number of pyridine rings is 1. The van der Waals surface area contributed by atoms with Crippen LogP contribution in [0.3, 0.4) is 0 Å². The minimum absolute atomic E-state index is 0.0114. The number of morpholine rings is 1. The van der Waals surface area contributed by atoms with Crippen LogP contribution in [0.25, 0.3) is 0 Å². The molecule has 1 fully saturated rings. The van der Waals surface area contributed by atoms with Crippen molar-refractivity contribution in [3.8, 4) is 6.07 Å². The highest BCUT2D eigenvalue weighted by molar-refractivity contribution is 5.58. The predicted octanol–water partition coefficient (Wildman–Crippen LogP) is 1.61. The normalized spacial score (nSPS) is 22.0. The van der Waals surface area contributed by atoms with Crippen molar-refractivity contribution in [3.63, 3.8) is 0 Å². The third-order valence-electron chi connectivity index (χ3n) is 3.34. The second-order valence-corrected chi connectivity index (χ2v) is 5.00. The van der Waals surface area contributed by atoms with Crippen LogP contribution in [0, 0.1) is 18.3 Å². The van der Waals surface area contributed by atoms with Gasteiger partial charge in [-0.2, -0.15) is 5.26 Å². The maximum Gasteiger partial charge on any atom is 0.247 e. The Morgan fingerprint density at radius 3 is 2.95 bits per heavy atom. The summed E-state index contributed by atoms with van der Waals surface area (Å²) in [4.78, 5) is 6.18. The Bertz CT molecular complexity index is 678. The van der Waals surface area contributed by atoms with Gasteiger partial charge in [0.1, 0.15) is 6.07 Å². The molecule has 2 aromatic heterocycles. The first-order valence-electron chi connectivity index (χ1n) is 6.72. The van der Waals surface area contributed by atoms with Gasteiger partial charge in [-0.1, -0.05) is 0 Å². The molecule has 1 aliphatic rings. The molecule has 1 aliphatic heterocycles. The lowest BCUT2D eigenvalue weighted by atomic mass is 10.1. The Balaban J connectivity index is 1.88. The first-order chi connectivity index (χ1) is 10.2. The molecule has 0 spiro atoms. The van der Waals surface area contributed by atoms with Crippen molar-refractivity contribution < 1.29 is 9.15 Å². The lowest BCUT2D eigenvalue weighted by Crippen LogP contribution is -2.43. The largest absolute Gasteiger partial charge is 0.423 e. The smallest absolute Gasteiger partial charge is 0.247 e. The van der Waals surface area contributed by atoms with E-state index in [1.54, 1.807) is 25.4 Å². The maximum absolute atomic E-state index is 9.22. The van der Waals surface area contributed by atoms with Crippen molar-refractivity contribution in [2.45, 2.75) is 26.1 Å². The fraction of sp³-hybridized carbons (Fsp3) is 0.429. The van der Waals surface area contributed by atoms with E-state index in [1.807, 2.05) is 6.92 Å². The Labute approximate surface area is 122 Å². The Morgan fingerprint density at radius 1 is 1.38 bits per heavy atom. The molecule has 2 atom stereocenters. The van der Waals surface area contributed by atoms with E-state index in [4.69, 9.17) is 9.15 Å². The van der Waals surface area contributed by atoms with E-state index in [0.717, 1.165) is 5.69 Å². The van der Waals surface area contributed by atoms with E-state index < -0.39 is 0 Å². The van der Waals surface area contributed by atoms with E-state index in [-0.39, 0.29) is 12.2 Å². The van der Waals surface area contributed by atoms with Gasteiger partial charge in [0.15, 0.2) is 6.10 Å². The molecule has 3 heterocycles. The summed E-state index contributed by atoms with van der Waals surface area (Å²) < 4.78 is 11.3. The molecule has 7 heteroatoms. The zero-order chi connectivity index (χ0) is 14.8. The third kappa shape index (κ3) is 2.71. The summed E-state index contributed by atoms with van der Waals surface area (Å²) in [6.07, 6.45) is 3.00. The lowest BCUT2D eigenvalue weighted by Gasteiger charge is -2.36. The van der Waals surface area contributed by atoms with Crippen LogP contribution in [-0.2, 0) is 4.74 Å². The molecule has 21 heavy (non-hydrogen) atoms. The molecule has 0 aromatic carbocycles. The number of aromatic nitrogens is 3. The molecule has 0 saturated carbocycles. The van der Waals surface area contributed by atoms with Crippen LogP contribution >= 0.6 is 0 Å². The van der Waals surface area contributed by atoms with E-state index >= 15 is 0 Å². The first kappa shape index (κ1) is 13.5. The molecule has 1 saturated heterocycles. The summed E-state index contributed by atoms with van der Waals surface area (Å²) >= 11 is 0. The lowest BCUT2D eigenvalue weighted by molar-refractivity contribution is -0.0311. The minimum Gasteiger partial charge on any atom is -0.423 e. The van der Waals surface area contributed by atoms with E-state index in [0.29, 0.717) is 30.4 Å². The van der Waals surface area contributed by atoms with Crippen molar-refractivity contribution in [2.75, 3.05) is 18.0 Å². The molecule has 7 nitrogen and oxygen atoms in total. The van der Waals surface area contributed by atoms with Crippen LogP contribution in [0.2, 0.25) is 0 Å². The highest BCUT2D eigenvalue weighted by Crippen LogP contribution is 2.29. The molecule has 0 N–H and O–H groups in total. The molecule has 0 bridgehead atoms. The van der Waals surface area contributed by atoms with Crippen LogP contribution < -0.4 is 4.90 Å². The number of nitrogens with zero attached hydrogens (tertiary/aromatic N) is 5. The number of hydrogen-bond acceptors (Lipinski definition) is 7. The van der Waals surface area contributed by atoms with Crippen molar-refractivity contribution >= 4 is 5.69 Å². The summed E-state index contributed by atoms with van der Waals surface area (Å²) in [5, 5.41) is 17.1. The van der Waals surface area contributed by atoms with Gasteiger partial charge >= 0.3 is 0 Å². The van der Waals surface area contributed by atoms with Crippen LogP contribution in [0.15, 0.2) is 22.9 Å². The average molecular weight is 285 g/mol. The van der Waals surface area contributed by atoms with Gasteiger partial charge in [0.2, 0.25) is 11.8 Å². The number of anilines is 1. The predicted molar refractivity (Wildman–Crippen MR) is 73.5 cm³/mol. The fourth-order valence-electron chi connectivity index (χ4n) is 2.46. The molecular formula is C14H15N5O2. The molecule has 0 amide bonds. The molecule has 108 valence electrons. The SMILES string of the molecule is Cc1nnc([C@H]2CN(c3cnccc3C#N)C[C@@H](C)O2)o1. The van der Waals surface area contributed by atoms with Crippen molar-refractivity contribution in [1.29, 1.82) is 5.26 Å². The quantitative estimate of drug-likeness (QED) is 0.828. The van der Waals surface area contributed by atoms with Gasteiger partial charge in [-0.3, -0.25) is 4.98 Å². The van der Waals surface area contributed by atoms with Crippen molar-refractivity contribution in [1.82, 2.24) is 15.2 Å². The Morgan fingerprint density at radius 2 is 2.24 bits per heavy atom. The minimum atomic E-state index is -0.304. The Hall–Kier alpha value is -2.46. The van der Waals surface area contributed by atoms with Gasteiger partial charge < -0.3 is 14.1 Å². The molecule has 0 aliphatic carbocycles. The number of hydrogen-bond donors (Lipinski definition) is 0. The Kier molecular flexibility index (Phi) is 3.54. The summed E-state index contributed by atoms with van der Waals surface area (Å²) in [7, 11) is 0. The van der Waals surface area contributed by atoms with Gasteiger partial charge in [-0.15, -0.1) is 10.2 Å². The van der Waals surface area contributed by atoms with E-state index in [1.165, 1.54) is 0 Å². The van der Waals surface area contributed by atoms with Crippen LogP contribution in [-0.4, -0.2) is 34.4 Å². The van der Waals surface area contributed by atoms with Crippen LogP contribution in [0.1, 0.15) is 30.4 Å². The van der Waals surface area contributed by atoms with E-state index in [2.05, 4.69) is 26.2 Å². The molecule has 0 unspecified atom stereocenters. The van der Waals surface area contributed by atoms with Gasteiger partial charge in [0, 0.05) is 19.7 Å². The second kappa shape index (κ2) is 5.50. The first-order valence-corrected chi connectivity index (χ1v) is 6.72. The molecule has 3 rings (SSSR count). The van der Waals surface area contributed by atoms with Crippen molar-refractivity contribution in [3.05, 3.63) is 35.8 Å². The summed E-state index contributed by atoms with van der Waals surface area (Å²) in [5.74, 6) is 0.976. The standard InChI is InChI=1S/C14H15N5O2/c1-9-7-19(12-6-16-4-3-11(12)5-15)8-13(20-9)14-18-17-10(2)21-14/h3-4,6,9,13H,7-8H2,1-2H3/t9-,13-/m1/s1. The maximum atomic E-state index is 9.22. The van der Waals surface area contributed by atoms with Gasteiger partial charge in [0.25, 0.3) is 0 Å².